The highest BCUT2D eigenvalue weighted by molar-refractivity contribution is 9.11. The Labute approximate surface area is 137 Å². The second kappa shape index (κ2) is 6.39. The van der Waals surface area contributed by atoms with E-state index in [2.05, 4.69) is 47.8 Å². The highest BCUT2D eigenvalue weighted by atomic mass is 79.9. The van der Waals surface area contributed by atoms with Crippen molar-refractivity contribution in [3.8, 4) is 5.75 Å². The third-order valence-corrected chi connectivity index (χ3v) is 4.39. The van der Waals surface area contributed by atoms with Crippen LogP contribution in [-0.2, 0) is 0 Å². The summed E-state index contributed by atoms with van der Waals surface area (Å²) in [5.41, 5.74) is 8.39. The fraction of sp³-hybridized carbons (Fsp3) is 0.143. The predicted octanol–water partition coefficient (Wildman–Crippen LogP) is 5.03. The van der Waals surface area contributed by atoms with Crippen molar-refractivity contribution in [2.45, 2.75) is 6.04 Å². The van der Waals surface area contributed by atoms with E-state index >= 15 is 0 Å². The summed E-state index contributed by atoms with van der Waals surface area (Å²) in [6.45, 7) is 0. The van der Waals surface area contributed by atoms with Gasteiger partial charge in [-0.1, -0.05) is 53.9 Å². The molecule has 2 N–H and O–H groups in total. The van der Waals surface area contributed by atoms with Gasteiger partial charge in [0, 0.05) is 13.4 Å². The van der Waals surface area contributed by atoms with Gasteiger partial charge >= 0.3 is 0 Å². The Morgan fingerprint density at radius 3 is 2.16 bits per heavy atom. The van der Waals surface area contributed by atoms with E-state index in [9.17, 15) is 0 Å². The molecule has 1 atom stereocenters. The van der Waals surface area contributed by atoms with Crippen molar-refractivity contribution in [2.24, 2.45) is 5.73 Å². The van der Waals surface area contributed by atoms with E-state index in [1.165, 1.54) is 0 Å². The van der Waals surface area contributed by atoms with Gasteiger partial charge in [-0.15, -0.1) is 0 Å². The zero-order valence-corrected chi connectivity index (χ0v) is 14.9. The van der Waals surface area contributed by atoms with E-state index in [4.69, 9.17) is 10.5 Å². The smallest absolute Gasteiger partial charge is 0.120 e. The summed E-state index contributed by atoms with van der Waals surface area (Å²) in [7, 11) is 1.65. The van der Waals surface area contributed by atoms with Crippen LogP contribution in [0.3, 0.4) is 0 Å². The molecule has 0 bridgehead atoms. The number of halogens is 3. The molecule has 2 rings (SSSR count). The van der Waals surface area contributed by atoms with Crippen molar-refractivity contribution >= 4 is 47.8 Å². The number of methoxy groups -OCH3 is 1. The molecule has 0 fully saturated rings. The van der Waals surface area contributed by atoms with Gasteiger partial charge in [-0.3, -0.25) is 0 Å². The molecule has 2 nitrogen and oxygen atoms in total. The Balaban J connectivity index is 2.40. The third kappa shape index (κ3) is 3.60. The maximum Gasteiger partial charge on any atom is 0.120 e. The number of hydrogen-bond donors (Lipinski definition) is 1. The lowest BCUT2D eigenvalue weighted by atomic mass is 10.00. The minimum absolute atomic E-state index is 0.200. The number of benzene rings is 2. The maximum atomic E-state index is 6.33. The van der Waals surface area contributed by atoms with Crippen LogP contribution in [0.2, 0.25) is 0 Å². The monoisotopic (exact) mass is 447 g/mol. The van der Waals surface area contributed by atoms with Gasteiger partial charge in [0.1, 0.15) is 5.75 Å². The fourth-order valence-electron chi connectivity index (χ4n) is 1.82. The van der Waals surface area contributed by atoms with E-state index in [0.717, 1.165) is 30.3 Å². The summed E-state index contributed by atoms with van der Waals surface area (Å²) in [6, 6.07) is 11.6. The average Bonchev–Trinajstić information content (AvgIpc) is 2.36. The van der Waals surface area contributed by atoms with Crippen LogP contribution in [-0.4, -0.2) is 7.11 Å². The zero-order valence-electron chi connectivity index (χ0n) is 10.2. The van der Waals surface area contributed by atoms with Gasteiger partial charge < -0.3 is 10.5 Å². The summed E-state index contributed by atoms with van der Waals surface area (Å²) in [6.07, 6.45) is 0. The summed E-state index contributed by atoms with van der Waals surface area (Å²) in [4.78, 5) is 0. The van der Waals surface area contributed by atoms with Gasteiger partial charge in [-0.2, -0.15) is 0 Å². The fourth-order valence-corrected chi connectivity index (χ4v) is 3.75. The molecule has 100 valence electrons. The molecule has 5 heteroatoms. The molecule has 2 aromatic carbocycles. The first-order chi connectivity index (χ1) is 9.01. The van der Waals surface area contributed by atoms with Gasteiger partial charge in [0.15, 0.2) is 0 Å². The molecule has 0 saturated heterocycles. The molecule has 0 aromatic heterocycles. The highest BCUT2D eigenvalue weighted by Crippen LogP contribution is 2.32. The normalized spacial score (nSPS) is 12.3. The first-order valence-electron chi connectivity index (χ1n) is 5.56. The van der Waals surface area contributed by atoms with E-state index < -0.39 is 0 Å². The second-order valence-electron chi connectivity index (χ2n) is 4.07. The van der Waals surface area contributed by atoms with Crippen LogP contribution in [0.1, 0.15) is 17.2 Å². The van der Waals surface area contributed by atoms with Crippen LogP contribution in [0.5, 0.6) is 5.75 Å². The zero-order chi connectivity index (χ0) is 14.0. The van der Waals surface area contributed by atoms with Crippen LogP contribution in [0.4, 0.5) is 0 Å². The molecule has 19 heavy (non-hydrogen) atoms. The van der Waals surface area contributed by atoms with Crippen molar-refractivity contribution in [2.75, 3.05) is 7.11 Å². The van der Waals surface area contributed by atoms with E-state index in [-0.39, 0.29) is 6.04 Å². The van der Waals surface area contributed by atoms with Crippen LogP contribution in [0, 0.1) is 0 Å². The van der Waals surface area contributed by atoms with Crippen molar-refractivity contribution in [3.63, 3.8) is 0 Å². The molecule has 0 aliphatic rings. The number of hydrogen-bond acceptors (Lipinski definition) is 2. The molecule has 2 aromatic rings. The Morgan fingerprint density at radius 1 is 1.00 bits per heavy atom. The van der Waals surface area contributed by atoms with Gasteiger partial charge in [0.25, 0.3) is 0 Å². The largest absolute Gasteiger partial charge is 0.497 e. The van der Waals surface area contributed by atoms with Gasteiger partial charge in [0.05, 0.1) is 13.2 Å². The van der Waals surface area contributed by atoms with Gasteiger partial charge in [-0.05, 0) is 41.5 Å². The number of rotatable bonds is 3. The Kier molecular flexibility index (Phi) is 5.06. The Morgan fingerprint density at radius 2 is 1.63 bits per heavy atom. The number of nitrogens with two attached hydrogens (primary N) is 1. The standard InChI is InChI=1S/C14H12Br3NO/c1-19-11-2-3-12(13(17)7-11)14(18)8-4-9(15)6-10(16)5-8/h2-7,14H,18H2,1H3. The maximum absolute atomic E-state index is 6.33. The molecule has 0 heterocycles. The molecule has 1 unspecified atom stereocenters. The van der Waals surface area contributed by atoms with Crippen molar-refractivity contribution in [3.05, 3.63) is 60.9 Å². The van der Waals surface area contributed by atoms with Gasteiger partial charge in [0.2, 0.25) is 0 Å². The first-order valence-corrected chi connectivity index (χ1v) is 7.94. The minimum Gasteiger partial charge on any atom is -0.497 e. The third-order valence-electron chi connectivity index (χ3n) is 2.79. The lowest BCUT2D eigenvalue weighted by Crippen LogP contribution is -2.12. The van der Waals surface area contributed by atoms with E-state index in [1.54, 1.807) is 7.11 Å². The molecule has 0 amide bonds. The summed E-state index contributed by atoms with van der Waals surface area (Å²) < 4.78 is 8.12. The predicted molar refractivity (Wildman–Crippen MR) is 88.6 cm³/mol. The molecule has 0 spiro atoms. The van der Waals surface area contributed by atoms with E-state index in [1.807, 2.05) is 36.4 Å². The highest BCUT2D eigenvalue weighted by Gasteiger charge is 2.14. The topological polar surface area (TPSA) is 35.2 Å². The number of ether oxygens (including phenoxy) is 1. The van der Waals surface area contributed by atoms with Crippen LogP contribution in [0.25, 0.3) is 0 Å². The lowest BCUT2D eigenvalue weighted by Gasteiger charge is -2.16. The molecular formula is C14H12Br3NO. The van der Waals surface area contributed by atoms with Crippen LogP contribution < -0.4 is 10.5 Å². The summed E-state index contributed by atoms with van der Waals surface area (Å²) in [5, 5.41) is 0. The average molecular weight is 450 g/mol. The van der Waals surface area contributed by atoms with Crippen LogP contribution in [0.15, 0.2) is 49.8 Å². The van der Waals surface area contributed by atoms with Gasteiger partial charge in [-0.25, -0.2) is 0 Å². The quantitative estimate of drug-likeness (QED) is 0.713. The minimum atomic E-state index is -0.200. The summed E-state index contributed by atoms with van der Waals surface area (Å²) >= 11 is 10.5. The summed E-state index contributed by atoms with van der Waals surface area (Å²) in [5.74, 6) is 0.804. The molecule has 0 aliphatic heterocycles. The van der Waals surface area contributed by atoms with Crippen LogP contribution >= 0.6 is 47.8 Å². The van der Waals surface area contributed by atoms with Crippen molar-refractivity contribution in [1.29, 1.82) is 0 Å². The van der Waals surface area contributed by atoms with Crippen molar-refractivity contribution in [1.82, 2.24) is 0 Å². The molecular weight excluding hydrogens is 438 g/mol. The molecule has 0 saturated carbocycles. The Hall–Kier alpha value is -0.360. The lowest BCUT2D eigenvalue weighted by molar-refractivity contribution is 0.414. The second-order valence-corrected chi connectivity index (χ2v) is 6.75. The Bertz CT molecular complexity index is 581. The van der Waals surface area contributed by atoms with Crippen molar-refractivity contribution < 1.29 is 4.74 Å². The van der Waals surface area contributed by atoms with E-state index in [0.29, 0.717) is 0 Å². The SMILES string of the molecule is COc1ccc(C(N)c2cc(Br)cc(Br)c2)c(Br)c1. The first kappa shape index (κ1) is 15.0. The molecule has 0 aliphatic carbocycles. The molecule has 0 radical (unpaired) electrons.